The van der Waals surface area contributed by atoms with E-state index in [9.17, 15) is 28.8 Å². The Morgan fingerprint density at radius 1 is 0.731 bits per heavy atom. The maximum Gasteiger partial charge on any atom is 0.264 e. The Morgan fingerprint density at radius 3 is 2.18 bits per heavy atom. The molecule has 8 rings (SSSR count). The quantitative estimate of drug-likeness (QED) is 0.0436. The summed E-state index contributed by atoms with van der Waals surface area (Å²) in [5, 5.41) is 19.2. The molecule has 4 aromatic rings. The van der Waals surface area contributed by atoms with Crippen molar-refractivity contribution in [2.45, 2.75) is 69.5 Å². The summed E-state index contributed by atoms with van der Waals surface area (Å²) in [6, 6.07) is 11.7. The number of piperidine rings is 1. The van der Waals surface area contributed by atoms with Gasteiger partial charge in [0, 0.05) is 73.2 Å². The molecule has 4 aliphatic rings. The minimum atomic E-state index is -1.02. The lowest BCUT2D eigenvalue weighted by molar-refractivity contribution is -0.136. The number of rotatable bonds is 24. The highest BCUT2D eigenvalue weighted by Crippen LogP contribution is 2.33. The topological polar surface area (TPSA) is 253 Å². The molecule has 5 heterocycles. The second-order valence-corrected chi connectivity index (χ2v) is 16.8. The van der Waals surface area contributed by atoms with Gasteiger partial charge in [-0.3, -0.25) is 44.0 Å². The highest BCUT2D eigenvalue weighted by molar-refractivity contribution is 6.25. The predicted octanol–water partition coefficient (Wildman–Crippen LogP) is 3.33. The number of pyridine rings is 3. The number of fused-ring (bicyclic) bond motifs is 2. The van der Waals surface area contributed by atoms with Crippen molar-refractivity contribution in [2.24, 2.45) is 5.92 Å². The van der Waals surface area contributed by atoms with Crippen LogP contribution in [0.3, 0.4) is 0 Å². The van der Waals surface area contributed by atoms with E-state index in [1.165, 1.54) is 0 Å². The summed E-state index contributed by atoms with van der Waals surface area (Å²) in [4.78, 5) is 90.8. The van der Waals surface area contributed by atoms with Crippen molar-refractivity contribution in [3.8, 4) is 0 Å². The number of hydrogen-bond donors (Lipinski definition) is 6. The van der Waals surface area contributed by atoms with Gasteiger partial charge in [0.15, 0.2) is 0 Å². The van der Waals surface area contributed by atoms with Gasteiger partial charge in [-0.15, -0.1) is 0 Å². The van der Waals surface area contributed by atoms with Crippen LogP contribution in [0.25, 0.3) is 10.9 Å². The second-order valence-electron chi connectivity index (χ2n) is 16.8. The third-order valence-corrected chi connectivity index (χ3v) is 12.0. The average Bonchev–Trinajstić information content (AvgIpc) is 4.11. The molecule has 6 amide bonds. The number of nitrogens with zero attached hydrogens (tertiary/aromatic N) is 4. The van der Waals surface area contributed by atoms with Crippen LogP contribution in [-0.4, -0.2) is 139 Å². The monoisotopic (exact) mass is 920 g/mol. The van der Waals surface area contributed by atoms with E-state index in [4.69, 9.17) is 18.9 Å². The molecule has 1 atom stereocenters. The Morgan fingerprint density at radius 2 is 1.45 bits per heavy atom. The minimum Gasteiger partial charge on any atom is -0.382 e. The van der Waals surface area contributed by atoms with Crippen molar-refractivity contribution >= 4 is 69.4 Å². The van der Waals surface area contributed by atoms with E-state index >= 15 is 0 Å². The molecule has 0 bridgehead atoms. The minimum absolute atomic E-state index is 0.00331. The normalized spacial score (nSPS) is 19.2. The van der Waals surface area contributed by atoms with E-state index in [0.717, 1.165) is 34.3 Å². The summed E-state index contributed by atoms with van der Waals surface area (Å²) >= 11 is 0. The van der Waals surface area contributed by atoms with Crippen LogP contribution >= 0.6 is 0 Å². The van der Waals surface area contributed by atoms with Crippen molar-refractivity contribution < 1.29 is 47.7 Å². The molecule has 20 heteroatoms. The number of benzene rings is 1. The molecule has 2 aliphatic carbocycles. The molecule has 3 aromatic heterocycles. The fourth-order valence-electron chi connectivity index (χ4n) is 8.27. The van der Waals surface area contributed by atoms with E-state index in [2.05, 4.69) is 46.9 Å². The molecule has 0 spiro atoms. The molecule has 2 saturated carbocycles. The average molecular weight is 921 g/mol. The Balaban J connectivity index is 0.629. The highest BCUT2D eigenvalue weighted by atomic mass is 16.6. The largest absolute Gasteiger partial charge is 0.382 e. The maximum atomic E-state index is 13.5. The lowest BCUT2D eigenvalue weighted by Crippen LogP contribution is -2.54. The summed E-state index contributed by atoms with van der Waals surface area (Å²) < 4.78 is 22.4. The van der Waals surface area contributed by atoms with E-state index < -0.39 is 29.7 Å². The zero-order valence-electron chi connectivity index (χ0n) is 37.2. The van der Waals surface area contributed by atoms with Gasteiger partial charge in [-0.1, -0.05) is 6.07 Å². The van der Waals surface area contributed by atoms with Crippen LogP contribution < -0.4 is 31.9 Å². The lowest BCUT2D eigenvalue weighted by atomic mass is 9.85. The standard InChI is InChI=1S/C47H56N10O10/c58-41-13-11-38(45(61)56-41)57-46(62)33-2-1-3-36(42(33)47(57)63)49-16-18-64-20-22-66-24-25-67-23-21-65-19-17-50-43(59)29-4-7-32(8-5-29)53-44(60)34-28-51-40(26-37(34)52-31-9-10-31)55-39-12-6-30-27-48-15-14-35(30)54-39/h1-3,6,12,14-15,26-29,31-32,38,49H,4-5,7-11,13,16-25H2,(H,50,59)(H,53,60)(H,56,58,61)(H2,51,52,54,55). The van der Waals surface area contributed by atoms with Crippen molar-refractivity contribution in [1.29, 1.82) is 0 Å². The molecular formula is C47H56N10O10. The predicted molar refractivity (Wildman–Crippen MR) is 245 cm³/mol. The molecule has 1 unspecified atom stereocenters. The van der Waals surface area contributed by atoms with Crippen LogP contribution in [0.15, 0.2) is 61.1 Å². The molecule has 3 fully saturated rings. The first-order chi connectivity index (χ1) is 32.7. The number of hydrogen-bond acceptors (Lipinski definition) is 16. The molecule has 0 radical (unpaired) electrons. The van der Waals surface area contributed by atoms with Gasteiger partial charge in [-0.25, -0.2) is 9.97 Å². The number of anilines is 4. The van der Waals surface area contributed by atoms with Crippen LogP contribution in [0, 0.1) is 5.92 Å². The first-order valence-electron chi connectivity index (χ1n) is 22.9. The van der Waals surface area contributed by atoms with Gasteiger partial charge in [0.1, 0.15) is 17.7 Å². The molecule has 1 aromatic carbocycles. The van der Waals surface area contributed by atoms with E-state index in [0.29, 0.717) is 121 Å². The number of amides is 6. The SMILES string of the molecule is O=C1CCC(N2C(=O)c3cccc(NCCOCCOCCOCCOCCNC(=O)C4CCC(NC(=O)c5cnc(Nc6ccc7cnccc7n6)cc5NC5CC5)CC4)c3C2=O)C(=O)N1. The van der Waals surface area contributed by atoms with Crippen molar-refractivity contribution in [3.05, 3.63) is 77.7 Å². The summed E-state index contributed by atoms with van der Waals surface area (Å²) in [6.07, 6.45) is 10.1. The zero-order chi connectivity index (χ0) is 46.5. The van der Waals surface area contributed by atoms with Crippen LogP contribution in [-0.2, 0) is 33.3 Å². The Labute approximate surface area is 387 Å². The van der Waals surface area contributed by atoms with E-state index in [1.807, 2.05) is 24.3 Å². The molecular weight excluding hydrogens is 865 g/mol. The second kappa shape index (κ2) is 22.7. The van der Waals surface area contributed by atoms with Crippen LogP contribution in [0.1, 0.15) is 82.4 Å². The Hall–Kier alpha value is -6.61. The van der Waals surface area contributed by atoms with E-state index in [1.54, 1.807) is 36.8 Å². The van der Waals surface area contributed by atoms with Gasteiger partial charge in [0.2, 0.25) is 17.7 Å². The molecule has 1 saturated heterocycles. The van der Waals surface area contributed by atoms with Crippen molar-refractivity contribution in [2.75, 3.05) is 81.9 Å². The van der Waals surface area contributed by atoms with Gasteiger partial charge in [0.05, 0.1) is 80.7 Å². The van der Waals surface area contributed by atoms with E-state index in [-0.39, 0.29) is 47.7 Å². The lowest BCUT2D eigenvalue weighted by Gasteiger charge is -2.28. The van der Waals surface area contributed by atoms with Gasteiger partial charge in [-0.05, 0) is 75.3 Å². The summed E-state index contributed by atoms with van der Waals surface area (Å²) in [5.74, 6) is -1.29. The molecule has 6 N–H and O–H groups in total. The van der Waals surface area contributed by atoms with Gasteiger partial charge in [0.25, 0.3) is 17.7 Å². The zero-order valence-corrected chi connectivity index (χ0v) is 37.2. The number of carbonyl (C=O) groups is 6. The van der Waals surface area contributed by atoms with Crippen LogP contribution in [0.2, 0.25) is 0 Å². The smallest absolute Gasteiger partial charge is 0.264 e. The molecule has 2 aliphatic heterocycles. The third-order valence-electron chi connectivity index (χ3n) is 12.0. The van der Waals surface area contributed by atoms with Crippen molar-refractivity contribution in [1.82, 2.24) is 35.8 Å². The Kier molecular flexibility index (Phi) is 15.9. The summed E-state index contributed by atoms with van der Waals surface area (Å²) in [5.41, 5.74) is 2.90. The number of ether oxygens (including phenoxy) is 4. The molecule has 20 nitrogen and oxygen atoms in total. The van der Waals surface area contributed by atoms with Crippen LogP contribution in [0.5, 0.6) is 0 Å². The van der Waals surface area contributed by atoms with Gasteiger partial charge < -0.3 is 45.5 Å². The van der Waals surface area contributed by atoms with Gasteiger partial charge >= 0.3 is 0 Å². The maximum absolute atomic E-state index is 13.5. The first kappa shape index (κ1) is 46.9. The fraction of sp³-hybridized carbons (Fsp3) is 0.468. The summed E-state index contributed by atoms with van der Waals surface area (Å²) in [7, 11) is 0. The molecule has 354 valence electrons. The van der Waals surface area contributed by atoms with Crippen molar-refractivity contribution in [3.63, 3.8) is 0 Å². The van der Waals surface area contributed by atoms with Crippen LogP contribution in [0.4, 0.5) is 23.0 Å². The molecule has 67 heavy (non-hydrogen) atoms. The van der Waals surface area contributed by atoms with Gasteiger partial charge in [-0.2, -0.15) is 0 Å². The number of aromatic nitrogens is 3. The number of carbonyl (C=O) groups excluding carboxylic acids is 6. The first-order valence-corrected chi connectivity index (χ1v) is 22.9. The Bertz CT molecular complexity index is 2440. The number of nitrogens with one attached hydrogen (secondary N) is 6. The number of imide groups is 2. The highest BCUT2D eigenvalue weighted by Gasteiger charge is 2.45. The fourth-order valence-corrected chi connectivity index (χ4v) is 8.27. The third kappa shape index (κ3) is 12.4. The summed E-state index contributed by atoms with van der Waals surface area (Å²) in [6.45, 7) is 3.67.